The molecule has 1 amide bonds. The maximum absolute atomic E-state index is 12.5. The molecule has 0 atom stereocenters. The molecule has 1 aromatic heterocycles. The number of carbonyl (C=O) groups excluding carboxylic acids is 1. The van der Waals surface area contributed by atoms with E-state index in [9.17, 15) is 4.79 Å². The van der Waals surface area contributed by atoms with Gasteiger partial charge in [0.25, 0.3) is 5.91 Å². The Morgan fingerprint density at radius 1 is 1.26 bits per heavy atom. The number of hydrogen-bond acceptors (Lipinski definition) is 6. The van der Waals surface area contributed by atoms with Crippen LogP contribution in [0.4, 0.5) is 5.69 Å². The van der Waals surface area contributed by atoms with E-state index in [1.807, 2.05) is 25.1 Å². The van der Waals surface area contributed by atoms with Crippen molar-refractivity contribution >= 4 is 51.7 Å². The van der Waals surface area contributed by atoms with Crippen LogP contribution >= 0.6 is 23.9 Å². The number of rotatable bonds is 6. The lowest BCUT2D eigenvalue weighted by molar-refractivity contribution is 0.0977. The molecule has 140 valence electrons. The molecule has 0 aliphatic heterocycles. The van der Waals surface area contributed by atoms with Gasteiger partial charge in [0.05, 0.1) is 24.0 Å². The lowest BCUT2D eigenvalue weighted by Crippen LogP contribution is -2.34. The number of thiocarbonyl (C=S) groups is 1. The summed E-state index contributed by atoms with van der Waals surface area (Å²) in [5, 5.41) is 5.98. The van der Waals surface area contributed by atoms with Gasteiger partial charge in [-0.3, -0.25) is 10.1 Å². The van der Waals surface area contributed by atoms with E-state index >= 15 is 0 Å². The smallest absolute Gasteiger partial charge is 0.257 e. The van der Waals surface area contributed by atoms with Gasteiger partial charge < -0.3 is 10.1 Å². The number of fused-ring (bicyclic) bond motifs is 1. The third-order valence-electron chi connectivity index (χ3n) is 3.96. The molecule has 0 aliphatic rings. The van der Waals surface area contributed by atoms with Crippen LogP contribution in [-0.4, -0.2) is 26.4 Å². The van der Waals surface area contributed by atoms with Crippen LogP contribution in [0.1, 0.15) is 35.7 Å². The lowest BCUT2D eigenvalue weighted by atomic mass is 10.1. The molecule has 2 aromatic carbocycles. The predicted octanol–water partition coefficient (Wildman–Crippen LogP) is 4.31. The summed E-state index contributed by atoms with van der Waals surface area (Å²) in [6.45, 7) is 4.68. The molecule has 0 unspecified atom stereocenters. The summed E-state index contributed by atoms with van der Waals surface area (Å²) >= 11 is 6.45. The van der Waals surface area contributed by atoms with Crippen LogP contribution in [0.2, 0.25) is 0 Å². The van der Waals surface area contributed by atoms with Crippen molar-refractivity contribution in [2.45, 2.75) is 26.7 Å². The summed E-state index contributed by atoms with van der Waals surface area (Å²) in [6, 6.07) is 10.9. The Morgan fingerprint density at radius 3 is 2.93 bits per heavy atom. The molecule has 0 bridgehead atoms. The minimum Gasteiger partial charge on any atom is -0.494 e. The highest BCUT2D eigenvalue weighted by molar-refractivity contribution is 7.80. The molecule has 3 aromatic rings. The topological polar surface area (TPSA) is 76.1 Å². The maximum atomic E-state index is 12.5. The molecular weight excluding hydrogens is 380 g/mol. The van der Waals surface area contributed by atoms with Gasteiger partial charge in [0, 0.05) is 5.56 Å². The molecule has 2 N–H and O–H groups in total. The first-order chi connectivity index (χ1) is 13.1. The Labute approximate surface area is 167 Å². The quantitative estimate of drug-likeness (QED) is 0.474. The highest BCUT2D eigenvalue weighted by atomic mass is 32.1. The van der Waals surface area contributed by atoms with Crippen LogP contribution in [0.5, 0.6) is 5.75 Å². The SMILES string of the molecule is CCCCOc1cccc(C(=O)NC(=S)Nc2c(C)ccc3nsnc23)c1. The third kappa shape index (κ3) is 4.78. The summed E-state index contributed by atoms with van der Waals surface area (Å²) < 4.78 is 14.2. The van der Waals surface area contributed by atoms with Gasteiger partial charge in [-0.15, -0.1) is 0 Å². The van der Waals surface area contributed by atoms with E-state index in [2.05, 4.69) is 26.3 Å². The van der Waals surface area contributed by atoms with Gasteiger partial charge in [-0.25, -0.2) is 0 Å². The number of nitrogens with one attached hydrogen (secondary N) is 2. The van der Waals surface area contributed by atoms with Gasteiger partial charge in [0.2, 0.25) is 0 Å². The molecule has 0 saturated heterocycles. The second kappa shape index (κ2) is 8.88. The summed E-state index contributed by atoms with van der Waals surface area (Å²) in [7, 11) is 0. The Kier molecular flexibility index (Phi) is 6.31. The second-order valence-corrected chi connectivity index (χ2v) is 6.96. The summed E-state index contributed by atoms with van der Waals surface area (Å²) in [5.41, 5.74) is 3.74. The van der Waals surface area contributed by atoms with Crippen molar-refractivity contribution < 1.29 is 9.53 Å². The summed E-state index contributed by atoms with van der Waals surface area (Å²) in [6.07, 6.45) is 2.03. The fourth-order valence-corrected chi connectivity index (χ4v) is 3.23. The minimum atomic E-state index is -0.297. The molecule has 8 heteroatoms. The number of ether oxygens (including phenoxy) is 1. The number of hydrogen-bond donors (Lipinski definition) is 2. The molecule has 0 radical (unpaired) electrons. The van der Waals surface area contributed by atoms with E-state index < -0.39 is 0 Å². The molecule has 3 rings (SSSR count). The predicted molar refractivity (Wildman–Crippen MR) is 113 cm³/mol. The average molecular weight is 401 g/mol. The van der Waals surface area contributed by atoms with Gasteiger partial charge in [-0.1, -0.05) is 25.5 Å². The number of unbranched alkanes of at least 4 members (excludes halogenated alkanes) is 1. The van der Waals surface area contributed by atoms with E-state index in [1.54, 1.807) is 18.2 Å². The van der Waals surface area contributed by atoms with Crippen molar-refractivity contribution in [1.82, 2.24) is 14.1 Å². The summed E-state index contributed by atoms with van der Waals surface area (Å²) in [5.74, 6) is 0.374. The normalized spacial score (nSPS) is 10.6. The second-order valence-electron chi connectivity index (χ2n) is 6.03. The third-order valence-corrected chi connectivity index (χ3v) is 4.71. The van der Waals surface area contributed by atoms with Crippen molar-refractivity contribution in [1.29, 1.82) is 0 Å². The molecule has 0 fully saturated rings. The fraction of sp³-hybridized carbons (Fsp3) is 0.263. The largest absolute Gasteiger partial charge is 0.494 e. The van der Waals surface area contributed by atoms with E-state index in [1.165, 1.54) is 0 Å². The van der Waals surface area contributed by atoms with Crippen molar-refractivity contribution in [3.05, 3.63) is 47.5 Å². The maximum Gasteiger partial charge on any atom is 0.257 e. The van der Waals surface area contributed by atoms with Crippen molar-refractivity contribution in [3.8, 4) is 5.75 Å². The van der Waals surface area contributed by atoms with Gasteiger partial charge in [-0.05, 0) is 55.4 Å². The van der Waals surface area contributed by atoms with Crippen molar-refractivity contribution in [2.24, 2.45) is 0 Å². The molecule has 0 aliphatic carbocycles. The number of amides is 1. The lowest BCUT2D eigenvalue weighted by Gasteiger charge is -2.12. The van der Waals surface area contributed by atoms with E-state index in [0.29, 0.717) is 17.9 Å². The van der Waals surface area contributed by atoms with Gasteiger partial charge in [-0.2, -0.15) is 8.75 Å². The molecule has 6 nitrogen and oxygen atoms in total. The number of carbonyl (C=O) groups is 1. The van der Waals surface area contributed by atoms with Crippen LogP contribution in [0.25, 0.3) is 11.0 Å². The number of nitrogens with zero attached hydrogens (tertiary/aromatic N) is 2. The first kappa shape index (κ1) is 19.2. The van der Waals surface area contributed by atoms with Crippen LogP contribution in [0.15, 0.2) is 36.4 Å². The van der Waals surface area contributed by atoms with Gasteiger partial charge in [0.15, 0.2) is 5.11 Å². The first-order valence-corrected chi connectivity index (χ1v) is 9.79. The zero-order valence-corrected chi connectivity index (χ0v) is 16.7. The Morgan fingerprint density at radius 2 is 2.11 bits per heavy atom. The van der Waals surface area contributed by atoms with Gasteiger partial charge in [0.1, 0.15) is 16.8 Å². The molecule has 0 spiro atoms. The van der Waals surface area contributed by atoms with E-state index in [0.717, 1.165) is 46.9 Å². The van der Waals surface area contributed by atoms with Gasteiger partial charge >= 0.3 is 0 Å². The fourth-order valence-electron chi connectivity index (χ4n) is 2.49. The monoisotopic (exact) mass is 400 g/mol. The van der Waals surface area contributed by atoms with Crippen LogP contribution in [0.3, 0.4) is 0 Å². The minimum absolute atomic E-state index is 0.209. The van der Waals surface area contributed by atoms with Crippen molar-refractivity contribution in [2.75, 3.05) is 11.9 Å². The van der Waals surface area contributed by atoms with E-state index in [-0.39, 0.29) is 11.0 Å². The summed E-state index contributed by atoms with van der Waals surface area (Å²) in [4.78, 5) is 12.5. The number of aromatic nitrogens is 2. The van der Waals surface area contributed by atoms with E-state index in [4.69, 9.17) is 17.0 Å². The van der Waals surface area contributed by atoms with Crippen LogP contribution < -0.4 is 15.4 Å². The Bertz CT molecular complexity index is 971. The molecule has 27 heavy (non-hydrogen) atoms. The van der Waals surface area contributed by atoms with Crippen LogP contribution in [0, 0.1) is 6.92 Å². The van der Waals surface area contributed by atoms with Crippen molar-refractivity contribution in [3.63, 3.8) is 0 Å². The van der Waals surface area contributed by atoms with Crippen LogP contribution in [-0.2, 0) is 0 Å². The standard InChI is InChI=1S/C19H20N4O2S2/c1-3-4-10-25-14-7-5-6-13(11-14)18(24)21-19(26)20-16-12(2)8-9-15-17(16)23-27-22-15/h5-9,11H,3-4,10H2,1-2H3,(H2,20,21,24,26). The Balaban J connectivity index is 1.67. The highest BCUT2D eigenvalue weighted by Gasteiger charge is 2.13. The number of benzene rings is 2. The molecule has 0 saturated carbocycles. The Hall–Kier alpha value is -2.58. The number of anilines is 1. The number of aryl methyl sites for hydroxylation is 1. The zero-order chi connectivity index (χ0) is 19.2. The molecule has 1 heterocycles. The molecular formula is C19H20N4O2S2. The first-order valence-electron chi connectivity index (χ1n) is 8.65. The zero-order valence-electron chi connectivity index (χ0n) is 15.1. The average Bonchev–Trinajstić information content (AvgIpc) is 3.13. The highest BCUT2D eigenvalue weighted by Crippen LogP contribution is 2.25.